The topological polar surface area (TPSA) is 61.8 Å². The van der Waals surface area contributed by atoms with Gasteiger partial charge in [-0.3, -0.25) is 0 Å². The molecule has 0 saturated heterocycles. The second-order valence-corrected chi connectivity index (χ2v) is 3.97. The van der Waals surface area contributed by atoms with Gasteiger partial charge in [0.25, 0.3) is 0 Å². The van der Waals surface area contributed by atoms with Crippen molar-refractivity contribution < 1.29 is 5.11 Å². The summed E-state index contributed by atoms with van der Waals surface area (Å²) in [4.78, 5) is 4.32. The molecule has 0 fully saturated rings. The van der Waals surface area contributed by atoms with Crippen molar-refractivity contribution >= 4 is 11.0 Å². The average Bonchev–Trinajstić information content (AvgIpc) is 2.65. The summed E-state index contributed by atoms with van der Waals surface area (Å²) in [5.74, 6) is 0.639. The number of fused-ring (bicyclic) bond motifs is 1. The van der Waals surface area contributed by atoms with E-state index in [-0.39, 0.29) is 12.6 Å². The smallest absolute Gasteiger partial charge is 0.135 e. The predicted octanol–water partition coefficient (Wildman–Crippen LogP) is 1.98. The van der Waals surface area contributed by atoms with Crippen molar-refractivity contribution in [3.63, 3.8) is 0 Å². The third-order valence-electron chi connectivity index (χ3n) is 2.55. The Hall–Kier alpha value is -1.86. The molecule has 1 aromatic heterocycles. The Kier molecular flexibility index (Phi) is 2.63. The number of benzene rings is 1. The molecule has 0 unspecified atom stereocenters. The Balaban J connectivity index is 2.74. The van der Waals surface area contributed by atoms with Crippen LogP contribution < -0.4 is 0 Å². The molecule has 0 bridgehead atoms. The van der Waals surface area contributed by atoms with Gasteiger partial charge < -0.3 is 9.67 Å². The summed E-state index contributed by atoms with van der Waals surface area (Å²) in [6.45, 7) is 3.99. The second-order valence-electron chi connectivity index (χ2n) is 3.97. The van der Waals surface area contributed by atoms with Crippen LogP contribution in [0.15, 0.2) is 18.2 Å². The lowest BCUT2D eigenvalue weighted by Crippen LogP contribution is -2.05. The van der Waals surface area contributed by atoms with Crippen molar-refractivity contribution in [1.29, 1.82) is 5.26 Å². The number of aromatic nitrogens is 2. The summed E-state index contributed by atoms with van der Waals surface area (Å²) < 4.78 is 1.98. The Morgan fingerprint density at radius 2 is 2.25 bits per heavy atom. The van der Waals surface area contributed by atoms with Crippen LogP contribution in [0.5, 0.6) is 0 Å². The van der Waals surface area contributed by atoms with Crippen molar-refractivity contribution in [2.24, 2.45) is 0 Å². The molecule has 0 aliphatic rings. The van der Waals surface area contributed by atoms with Crippen LogP contribution in [0.4, 0.5) is 0 Å². The highest BCUT2D eigenvalue weighted by atomic mass is 16.3. The lowest BCUT2D eigenvalue weighted by atomic mass is 10.2. The molecule has 16 heavy (non-hydrogen) atoms. The van der Waals surface area contributed by atoms with Gasteiger partial charge in [0.1, 0.15) is 12.4 Å². The van der Waals surface area contributed by atoms with E-state index >= 15 is 0 Å². The van der Waals surface area contributed by atoms with Gasteiger partial charge >= 0.3 is 0 Å². The molecular weight excluding hydrogens is 202 g/mol. The highest BCUT2D eigenvalue weighted by molar-refractivity contribution is 5.77. The molecule has 82 valence electrons. The monoisotopic (exact) mass is 215 g/mol. The first-order valence-corrected chi connectivity index (χ1v) is 5.19. The number of imidazole rings is 1. The maximum Gasteiger partial charge on any atom is 0.135 e. The van der Waals surface area contributed by atoms with Crippen LogP contribution in [-0.4, -0.2) is 14.7 Å². The van der Waals surface area contributed by atoms with Gasteiger partial charge in [-0.05, 0) is 32.0 Å². The summed E-state index contributed by atoms with van der Waals surface area (Å²) in [7, 11) is 0. The summed E-state index contributed by atoms with van der Waals surface area (Å²) in [5.41, 5.74) is 2.31. The van der Waals surface area contributed by atoms with Gasteiger partial charge in [-0.2, -0.15) is 5.26 Å². The quantitative estimate of drug-likeness (QED) is 0.833. The fourth-order valence-corrected chi connectivity index (χ4v) is 1.91. The van der Waals surface area contributed by atoms with Crippen molar-refractivity contribution in [3.05, 3.63) is 29.6 Å². The zero-order chi connectivity index (χ0) is 11.7. The highest BCUT2D eigenvalue weighted by Gasteiger charge is 2.12. The minimum atomic E-state index is -0.0885. The standard InChI is InChI=1S/C12H13N3O/c1-8(2)15-11-4-3-9(6-13)5-10(11)14-12(15)7-16/h3-5,8,16H,7H2,1-2H3. The van der Waals surface area contributed by atoms with E-state index in [0.29, 0.717) is 11.4 Å². The zero-order valence-corrected chi connectivity index (χ0v) is 9.31. The predicted molar refractivity (Wildman–Crippen MR) is 60.8 cm³/mol. The van der Waals surface area contributed by atoms with E-state index in [4.69, 9.17) is 5.26 Å². The minimum absolute atomic E-state index is 0.0885. The number of aliphatic hydroxyl groups excluding tert-OH is 1. The summed E-state index contributed by atoms with van der Waals surface area (Å²) >= 11 is 0. The maximum atomic E-state index is 9.25. The molecule has 1 N–H and O–H groups in total. The van der Waals surface area contributed by atoms with Crippen LogP contribution in [0.2, 0.25) is 0 Å². The Morgan fingerprint density at radius 1 is 1.50 bits per heavy atom. The van der Waals surface area contributed by atoms with E-state index in [1.165, 1.54) is 0 Å². The van der Waals surface area contributed by atoms with E-state index in [1.807, 2.05) is 24.5 Å². The first-order chi connectivity index (χ1) is 7.67. The molecule has 0 spiro atoms. The van der Waals surface area contributed by atoms with Crippen molar-refractivity contribution in [2.45, 2.75) is 26.5 Å². The molecule has 2 aromatic rings. The molecule has 2 rings (SSSR count). The third kappa shape index (κ3) is 1.55. The van der Waals surface area contributed by atoms with Gasteiger partial charge in [-0.25, -0.2) is 4.98 Å². The number of nitrogens with zero attached hydrogens (tertiary/aromatic N) is 3. The Morgan fingerprint density at radius 3 is 2.81 bits per heavy atom. The molecule has 4 heteroatoms. The second kappa shape index (κ2) is 3.95. The van der Waals surface area contributed by atoms with Gasteiger partial charge in [0.2, 0.25) is 0 Å². The van der Waals surface area contributed by atoms with Gasteiger partial charge in [-0.15, -0.1) is 0 Å². The minimum Gasteiger partial charge on any atom is -0.388 e. The molecule has 0 aliphatic carbocycles. The highest BCUT2D eigenvalue weighted by Crippen LogP contribution is 2.22. The molecule has 1 aromatic carbocycles. The lowest BCUT2D eigenvalue weighted by molar-refractivity contribution is 0.263. The van der Waals surface area contributed by atoms with E-state index < -0.39 is 0 Å². The SMILES string of the molecule is CC(C)n1c(CO)nc2cc(C#N)ccc21. The fourth-order valence-electron chi connectivity index (χ4n) is 1.91. The third-order valence-corrected chi connectivity index (χ3v) is 2.55. The first kappa shape index (κ1) is 10.7. The van der Waals surface area contributed by atoms with E-state index in [9.17, 15) is 5.11 Å². The van der Waals surface area contributed by atoms with Crippen molar-refractivity contribution in [2.75, 3.05) is 0 Å². The van der Waals surface area contributed by atoms with E-state index in [0.717, 1.165) is 11.0 Å². The average molecular weight is 215 g/mol. The number of hydrogen-bond acceptors (Lipinski definition) is 3. The van der Waals surface area contributed by atoms with Crippen LogP contribution in [0.1, 0.15) is 31.3 Å². The molecule has 1 heterocycles. The van der Waals surface area contributed by atoms with Crippen molar-refractivity contribution in [3.8, 4) is 6.07 Å². The zero-order valence-electron chi connectivity index (χ0n) is 9.31. The molecule has 0 aliphatic heterocycles. The van der Waals surface area contributed by atoms with Gasteiger partial charge in [0, 0.05) is 6.04 Å². The molecule has 0 radical (unpaired) electrons. The largest absolute Gasteiger partial charge is 0.388 e. The summed E-state index contributed by atoms with van der Waals surface area (Å²) in [6, 6.07) is 7.71. The number of nitriles is 1. The summed E-state index contributed by atoms with van der Waals surface area (Å²) in [6.07, 6.45) is 0. The molecule has 4 nitrogen and oxygen atoms in total. The summed E-state index contributed by atoms with van der Waals surface area (Å²) in [5, 5.41) is 18.1. The van der Waals surface area contributed by atoms with E-state index in [1.54, 1.807) is 12.1 Å². The van der Waals surface area contributed by atoms with Crippen molar-refractivity contribution in [1.82, 2.24) is 9.55 Å². The number of aliphatic hydroxyl groups is 1. The van der Waals surface area contributed by atoms with Crippen LogP contribution >= 0.6 is 0 Å². The van der Waals surface area contributed by atoms with Crippen LogP contribution in [0.25, 0.3) is 11.0 Å². The normalized spacial score (nSPS) is 10.9. The van der Waals surface area contributed by atoms with Crippen LogP contribution in [-0.2, 0) is 6.61 Å². The van der Waals surface area contributed by atoms with Crippen LogP contribution in [0, 0.1) is 11.3 Å². The number of hydrogen-bond donors (Lipinski definition) is 1. The molecule has 0 saturated carbocycles. The first-order valence-electron chi connectivity index (χ1n) is 5.19. The molecular formula is C12H13N3O. The fraction of sp³-hybridized carbons (Fsp3) is 0.333. The molecule has 0 atom stereocenters. The maximum absolute atomic E-state index is 9.25. The van der Waals surface area contributed by atoms with E-state index in [2.05, 4.69) is 11.1 Å². The Bertz CT molecular complexity index is 563. The van der Waals surface area contributed by atoms with Gasteiger partial charge in [0.15, 0.2) is 0 Å². The van der Waals surface area contributed by atoms with Gasteiger partial charge in [-0.1, -0.05) is 0 Å². The van der Waals surface area contributed by atoms with Gasteiger partial charge in [0.05, 0.1) is 22.7 Å². The Labute approximate surface area is 93.8 Å². The molecule has 0 amide bonds. The number of rotatable bonds is 2. The lowest BCUT2D eigenvalue weighted by Gasteiger charge is -2.11. The van der Waals surface area contributed by atoms with Crippen LogP contribution in [0.3, 0.4) is 0 Å².